The van der Waals surface area contributed by atoms with Gasteiger partial charge in [0.1, 0.15) is 6.17 Å². The standard InChI is InChI=1S/C15H22N2OS2/c1-10-15(18)17(11-5-7-12(19-2)8-6-11)14(16-10)13-4-3-9-20-13/h3-4,9-12,14,16H,5-8H2,1-2H3. The van der Waals surface area contributed by atoms with Crippen molar-refractivity contribution in [3.05, 3.63) is 22.4 Å². The van der Waals surface area contributed by atoms with Crippen LogP contribution in [0.5, 0.6) is 0 Å². The summed E-state index contributed by atoms with van der Waals surface area (Å²) in [4.78, 5) is 15.9. The summed E-state index contributed by atoms with van der Waals surface area (Å²) in [7, 11) is 0. The molecule has 1 amide bonds. The predicted octanol–water partition coefficient (Wildman–Crippen LogP) is 3.24. The van der Waals surface area contributed by atoms with E-state index in [2.05, 4.69) is 34.0 Å². The summed E-state index contributed by atoms with van der Waals surface area (Å²) in [6.45, 7) is 1.98. The zero-order valence-corrected chi connectivity index (χ0v) is 13.7. The van der Waals surface area contributed by atoms with E-state index >= 15 is 0 Å². The van der Waals surface area contributed by atoms with Crippen molar-refractivity contribution >= 4 is 29.0 Å². The molecule has 3 nitrogen and oxygen atoms in total. The minimum absolute atomic E-state index is 0.0552. The topological polar surface area (TPSA) is 32.3 Å². The normalized spacial score (nSPS) is 34.7. The molecule has 5 heteroatoms. The molecular formula is C15H22N2OS2. The number of amides is 1. The van der Waals surface area contributed by atoms with Gasteiger partial charge >= 0.3 is 0 Å². The maximum Gasteiger partial charge on any atom is 0.241 e. The van der Waals surface area contributed by atoms with Crippen LogP contribution in [-0.2, 0) is 4.79 Å². The van der Waals surface area contributed by atoms with E-state index in [1.165, 1.54) is 17.7 Å². The first-order chi connectivity index (χ1) is 9.70. The third-order valence-electron chi connectivity index (χ3n) is 4.49. The molecule has 1 saturated carbocycles. The number of thioether (sulfide) groups is 1. The molecule has 0 aromatic carbocycles. The summed E-state index contributed by atoms with van der Waals surface area (Å²) < 4.78 is 0. The average Bonchev–Trinajstić information content (AvgIpc) is 3.09. The fourth-order valence-electron chi connectivity index (χ4n) is 3.36. The Balaban J connectivity index is 1.77. The van der Waals surface area contributed by atoms with Crippen LogP contribution in [0.25, 0.3) is 0 Å². The number of carbonyl (C=O) groups excluding carboxylic acids is 1. The Kier molecular flexibility index (Phi) is 4.38. The molecule has 0 spiro atoms. The second kappa shape index (κ2) is 6.08. The molecule has 1 aliphatic heterocycles. The molecule has 2 unspecified atom stereocenters. The Morgan fingerprint density at radius 2 is 2.10 bits per heavy atom. The second-order valence-electron chi connectivity index (χ2n) is 5.72. The Hall–Kier alpha value is -0.520. The maximum absolute atomic E-state index is 12.5. The van der Waals surface area contributed by atoms with Gasteiger partial charge in [-0.2, -0.15) is 11.8 Å². The van der Waals surface area contributed by atoms with E-state index in [9.17, 15) is 4.79 Å². The van der Waals surface area contributed by atoms with Gasteiger partial charge in [0.25, 0.3) is 0 Å². The van der Waals surface area contributed by atoms with Crippen molar-refractivity contribution in [2.45, 2.75) is 56.1 Å². The van der Waals surface area contributed by atoms with Gasteiger partial charge in [0, 0.05) is 16.2 Å². The van der Waals surface area contributed by atoms with Crippen molar-refractivity contribution in [3.8, 4) is 0 Å². The largest absolute Gasteiger partial charge is 0.318 e. The molecule has 2 atom stereocenters. The van der Waals surface area contributed by atoms with Crippen LogP contribution < -0.4 is 5.32 Å². The highest BCUT2D eigenvalue weighted by Crippen LogP contribution is 2.37. The summed E-state index contributed by atoms with van der Waals surface area (Å²) in [5.74, 6) is 0.274. The monoisotopic (exact) mass is 310 g/mol. The zero-order chi connectivity index (χ0) is 14.1. The van der Waals surface area contributed by atoms with Gasteiger partial charge < -0.3 is 4.90 Å². The molecule has 1 saturated heterocycles. The lowest BCUT2D eigenvalue weighted by atomic mass is 9.93. The zero-order valence-electron chi connectivity index (χ0n) is 12.0. The van der Waals surface area contributed by atoms with Gasteiger partial charge in [-0.15, -0.1) is 11.3 Å². The number of hydrogen-bond donors (Lipinski definition) is 1. The van der Waals surface area contributed by atoms with Gasteiger partial charge in [0.05, 0.1) is 6.04 Å². The molecule has 0 radical (unpaired) electrons. The number of thiophene rings is 1. The molecule has 2 aliphatic rings. The second-order valence-corrected chi connectivity index (χ2v) is 7.84. The van der Waals surface area contributed by atoms with Gasteiger partial charge in [-0.25, -0.2) is 0 Å². The van der Waals surface area contributed by atoms with Crippen molar-refractivity contribution in [1.82, 2.24) is 10.2 Å². The van der Waals surface area contributed by atoms with E-state index in [0.29, 0.717) is 6.04 Å². The van der Waals surface area contributed by atoms with E-state index in [1.807, 2.05) is 18.7 Å². The minimum Gasteiger partial charge on any atom is -0.318 e. The summed E-state index contributed by atoms with van der Waals surface area (Å²) in [6, 6.07) is 4.56. The lowest BCUT2D eigenvalue weighted by Crippen LogP contribution is -2.42. The number of hydrogen-bond acceptors (Lipinski definition) is 4. The molecule has 20 heavy (non-hydrogen) atoms. The fraction of sp³-hybridized carbons (Fsp3) is 0.667. The molecule has 1 aliphatic carbocycles. The highest BCUT2D eigenvalue weighted by molar-refractivity contribution is 7.99. The molecule has 1 aromatic heterocycles. The number of nitrogens with zero attached hydrogens (tertiary/aromatic N) is 1. The summed E-state index contributed by atoms with van der Waals surface area (Å²) in [5.41, 5.74) is 0. The van der Waals surface area contributed by atoms with Crippen LogP contribution in [0.2, 0.25) is 0 Å². The minimum atomic E-state index is -0.0552. The van der Waals surface area contributed by atoms with Crippen molar-refractivity contribution in [3.63, 3.8) is 0 Å². The van der Waals surface area contributed by atoms with Gasteiger partial charge in [-0.05, 0) is 50.3 Å². The van der Waals surface area contributed by atoms with E-state index in [1.54, 1.807) is 11.3 Å². The van der Waals surface area contributed by atoms with Crippen LogP contribution in [-0.4, -0.2) is 34.4 Å². The summed E-state index contributed by atoms with van der Waals surface area (Å²) in [6.07, 6.45) is 7.06. The Morgan fingerprint density at radius 1 is 1.35 bits per heavy atom. The highest BCUT2D eigenvalue weighted by Gasteiger charge is 2.42. The lowest BCUT2D eigenvalue weighted by Gasteiger charge is -2.37. The summed E-state index contributed by atoms with van der Waals surface area (Å²) >= 11 is 3.71. The first kappa shape index (κ1) is 14.4. The molecular weight excluding hydrogens is 288 g/mol. The molecule has 110 valence electrons. The summed E-state index contributed by atoms with van der Waals surface area (Å²) in [5, 5.41) is 6.34. The van der Waals surface area contributed by atoms with Gasteiger partial charge in [0.2, 0.25) is 5.91 Å². The quantitative estimate of drug-likeness (QED) is 0.930. The first-order valence-electron chi connectivity index (χ1n) is 7.35. The number of carbonyl (C=O) groups is 1. The molecule has 0 bridgehead atoms. The van der Waals surface area contributed by atoms with Gasteiger partial charge in [0.15, 0.2) is 0 Å². The molecule has 2 fully saturated rings. The van der Waals surface area contributed by atoms with Gasteiger partial charge in [-0.1, -0.05) is 6.07 Å². The SMILES string of the molecule is CSC1CCC(N2C(=O)C(C)NC2c2cccs2)CC1. The molecule has 3 rings (SSSR count). The van der Waals surface area contributed by atoms with Crippen molar-refractivity contribution in [2.75, 3.05) is 6.26 Å². The number of rotatable bonds is 3. The van der Waals surface area contributed by atoms with E-state index in [0.717, 1.165) is 18.1 Å². The van der Waals surface area contributed by atoms with Crippen LogP contribution in [0.3, 0.4) is 0 Å². The molecule has 1 N–H and O–H groups in total. The van der Waals surface area contributed by atoms with Crippen LogP contribution in [0, 0.1) is 0 Å². The average molecular weight is 310 g/mol. The third-order valence-corrected chi connectivity index (χ3v) is 6.56. The molecule has 2 heterocycles. The predicted molar refractivity (Wildman–Crippen MR) is 86.1 cm³/mol. The van der Waals surface area contributed by atoms with Crippen LogP contribution >= 0.6 is 23.1 Å². The van der Waals surface area contributed by atoms with Crippen molar-refractivity contribution < 1.29 is 4.79 Å². The fourth-order valence-corrected chi connectivity index (χ4v) is 4.88. The first-order valence-corrected chi connectivity index (χ1v) is 9.52. The Bertz CT molecular complexity index is 454. The van der Waals surface area contributed by atoms with Crippen LogP contribution in [0.15, 0.2) is 17.5 Å². The maximum atomic E-state index is 12.5. The Morgan fingerprint density at radius 3 is 2.70 bits per heavy atom. The van der Waals surface area contributed by atoms with Crippen molar-refractivity contribution in [1.29, 1.82) is 0 Å². The third kappa shape index (κ3) is 2.63. The van der Waals surface area contributed by atoms with E-state index in [4.69, 9.17) is 0 Å². The van der Waals surface area contributed by atoms with Gasteiger partial charge in [-0.3, -0.25) is 10.1 Å². The van der Waals surface area contributed by atoms with E-state index in [-0.39, 0.29) is 18.1 Å². The Labute approximate surface area is 129 Å². The van der Waals surface area contributed by atoms with Crippen molar-refractivity contribution in [2.24, 2.45) is 0 Å². The smallest absolute Gasteiger partial charge is 0.241 e. The highest BCUT2D eigenvalue weighted by atomic mass is 32.2. The molecule has 1 aromatic rings. The van der Waals surface area contributed by atoms with E-state index < -0.39 is 0 Å². The lowest BCUT2D eigenvalue weighted by molar-refractivity contribution is -0.132. The van der Waals surface area contributed by atoms with Crippen LogP contribution in [0.4, 0.5) is 0 Å². The van der Waals surface area contributed by atoms with Crippen LogP contribution in [0.1, 0.15) is 43.6 Å². The number of nitrogens with one attached hydrogen (secondary N) is 1.